The minimum Gasteiger partial charge on any atom is -0.301 e. The second-order valence-electron chi connectivity index (χ2n) is 5.98. The van der Waals surface area contributed by atoms with Crippen LogP contribution in [0.1, 0.15) is 28.2 Å². The largest absolute Gasteiger partial charge is 0.301 e. The van der Waals surface area contributed by atoms with E-state index >= 15 is 0 Å². The third-order valence-corrected chi connectivity index (χ3v) is 4.78. The van der Waals surface area contributed by atoms with E-state index in [-0.39, 0.29) is 5.92 Å². The van der Waals surface area contributed by atoms with Crippen LogP contribution < -0.4 is 0 Å². The maximum atomic E-state index is 13.3. The molecule has 2 aromatic rings. The highest BCUT2D eigenvalue weighted by Crippen LogP contribution is 2.40. The lowest BCUT2D eigenvalue weighted by atomic mass is 9.83. The summed E-state index contributed by atoms with van der Waals surface area (Å²) in [6, 6.07) is 14.4. The van der Waals surface area contributed by atoms with Crippen molar-refractivity contribution < 1.29 is 3.89 Å². The predicted octanol–water partition coefficient (Wildman–Crippen LogP) is 5.91. The molecule has 1 nitrogen and oxygen atoms in total. The molecular weight excluding hydrogens is 317 g/mol. The van der Waals surface area contributed by atoms with E-state index in [1.807, 2.05) is 12.1 Å². The summed E-state index contributed by atoms with van der Waals surface area (Å²) in [4.78, 5) is 3.08. The van der Waals surface area contributed by atoms with Crippen molar-refractivity contribution in [2.45, 2.75) is 24.3 Å². The normalized spacial score (nSPS) is 16.5. The van der Waals surface area contributed by atoms with Crippen LogP contribution in [0, 0.1) is 6.92 Å². The first-order valence-corrected chi connectivity index (χ1v) is 8.72. The summed E-state index contributed by atoms with van der Waals surface area (Å²) in [5.41, 5.74) is 5.00. The minimum atomic E-state index is 0.254. The number of hydrogen-bond donors (Lipinski definition) is 0. The number of likely N-dealkylation sites (N-methyl/N-ethyl adjacent to an activating group) is 1. The third kappa shape index (κ3) is 4.16. The Kier molecular flexibility index (Phi) is 6.83. The molecule has 0 aromatic heterocycles. The number of halogens is 1. The van der Waals surface area contributed by atoms with Gasteiger partial charge in [-0.05, 0) is 42.3 Å². The van der Waals surface area contributed by atoms with E-state index in [0.29, 0.717) is 12.1 Å². The fourth-order valence-corrected chi connectivity index (χ4v) is 3.67. The Labute approximate surface area is 149 Å². The minimum absolute atomic E-state index is 0.254. The second kappa shape index (κ2) is 8.86. The lowest BCUT2D eigenvalue weighted by Gasteiger charge is -2.34. The molecule has 1 heterocycles. The molecule has 0 fully saturated rings. The first-order valence-electron chi connectivity index (χ1n) is 8.00. The molecule has 0 aliphatic carbocycles. The number of fused-ring (bicyclic) bond motifs is 1. The van der Waals surface area contributed by atoms with Gasteiger partial charge in [-0.1, -0.05) is 61.7 Å². The number of rotatable bonds is 3. The quantitative estimate of drug-likeness (QED) is 0.639. The van der Waals surface area contributed by atoms with Crippen LogP contribution in [0.15, 0.2) is 72.7 Å². The molecule has 0 saturated heterocycles. The van der Waals surface area contributed by atoms with E-state index in [9.17, 15) is 3.89 Å². The van der Waals surface area contributed by atoms with Crippen LogP contribution in [0.4, 0.5) is 3.89 Å². The van der Waals surface area contributed by atoms with Gasteiger partial charge in [0.2, 0.25) is 0 Å². The van der Waals surface area contributed by atoms with E-state index in [2.05, 4.69) is 62.4 Å². The summed E-state index contributed by atoms with van der Waals surface area (Å²) < 4.78 is 13.3. The first kappa shape index (κ1) is 18.5. The lowest BCUT2D eigenvalue weighted by molar-refractivity contribution is 0.293. The Balaban J connectivity index is 0.000000471. The molecule has 126 valence electrons. The zero-order valence-electron chi connectivity index (χ0n) is 14.3. The molecule has 0 bridgehead atoms. The molecule has 3 rings (SSSR count). The molecule has 24 heavy (non-hydrogen) atoms. The van der Waals surface area contributed by atoms with Crippen LogP contribution in [0.3, 0.4) is 0 Å². The molecule has 0 radical (unpaired) electrons. The standard InChI is InChI=1S/C17H18FNS.C4H6/c1-12-6-3-4-8-14(12)15-11-19(2)10-13-7-5-9-16(20-18)17(13)15;1-3-4-2/h3-9,15H,10-11H2,1-2H3;3-4H,1-2H2. The summed E-state index contributed by atoms with van der Waals surface area (Å²) in [7, 11) is 2.13. The van der Waals surface area contributed by atoms with Crippen LogP contribution in [-0.4, -0.2) is 18.5 Å². The van der Waals surface area contributed by atoms with Crippen molar-refractivity contribution in [2.24, 2.45) is 0 Å². The topological polar surface area (TPSA) is 3.24 Å². The van der Waals surface area contributed by atoms with Crippen LogP contribution in [0.2, 0.25) is 0 Å². The number of benzene rings is 2. The molecule has 0 saturated carbocycles. The van der Waals surface area contributed by atoms with Gasteiger partial charge in [0, 0.05) is 23.9 Å². The lowest BCUT2D eigenvalue weighted by Crippen LogP contribution is -2.31. The second-order valence-corrected chi connectivity index (χ2v) is 6.58. The number of allylic oxidation sites excluding steroid dienone is 2. The fraction of sp³-hybridized carbons (Fsp3) is 0.238. The highest BCUT2D eigenvalue weighted by molar-refractivity contribution is 7.94. The van der Waals surface area contributed by atoms with Crippen LogP contribution in [0.5, 0.6) is 0 Å². The Hall–Kier alpha value is -1.84. The van der Waals surface area contributed by atoms with Gasteiger partial charge in [-0.2, -0.15) is 3.89 Å². The SMILES string of the molecule is C=CC=C.Cc1ccccc1C1CN(C)Cc2cccc(SF)c21. The third-order valence-electron chi connectivity index (χ3n) is 4.25. The van der Waals surface area contributed by atoms with Crippen LogP contribution in [0.25, 0.3) is 0 Å². The maximum absolute atomic E-state index is 13.3. The summed E-state index contributed by atoms with van der Waals surface area (Å²) in [5, 5.41) is 0. The molecule has 0 N–H and O–H groups in total. The molecule has 1 unspecified atom stereocenters. The van der Waals surface area contributed by atoms with Gasteiger partial charge in [0.15, 0.2) is 0 Å². The molecule has 1 aliphatic rings. The van der Waals surface area contributed by atoms with Gasteiger partial charge in [0.1, 0.15) is 0 Å². The van der Waals surface area contributed by atoms with Gasteiger partial charge in [-0.15, -0.1) is 0 Å². The van der Waals surface area contributed by atoms with E-state index < -0.39 is 0 Å². The Morgan fingerprint density at radius 3 is 2.46 bits per heavy atom. The van der Waals surface area contributed by atoms with Gasteiger partial charge >= 0.3 is 0 Å². The highest BCUT2D eigenvalue weighted by Gasteiger charge is 2.28. The maximum Gasteiger partial charge on any atom is 0.0815 e. The predicted molar refractivity (Wildman–Crippen MR) is 103 cm³/mol. The molecule has 1 aliphatic heterocycles. The van der Waals surface area contributed by atoms with Crippen molar-refractivity contribution >= 4 is 12.1 Å². The molecular formula is C21H24FNS. The van der Waals surface area contributed by atoms with Crippen molar-refractivity contribution in [3.05, 3.63) is 90.0 Å². The molecule has 3 heteroatoms. The van der Waals surface area contributed by atoms with E-state index in [0.717, 1.165) is 18.0 Å². The number of nitrogens with zero attached hydrogens (tertiary/aromatic N) is 1. The molecule has 0 spiro atoms. The summed E-state index contributed by atoms with van der Waals surface area (Å²) in [6.45, 7) is 10.7. The Bertz CT molecular complexity index is 705. The monoisotopic (exact) mass is 341 g/mol. The fourth-order valence-electron chi connectivity index (χ4n) is 3.18. The van der Waals surface area contributed by atoms with Gasteiger partial charge in [0.25, 0.3) is 0 Å². The number of hydrogen-bond acceptors (Lipinski definition) is 2. The first-order chi connectivity index (χ1) is 11.6. The van der Waals surface area contributed by atoms with Gasteiger partial charge in [-0.3, -0.25) is 0 Å². The highest BCUT2D eigenvalue weighted by atomic mass is 32.2. The van der Waals surface area contributed by atoms with Crippen molar-refractivity contribution in [1.82, 2.24) is 4.90 Å². The molecule has 0 amide bonds. The van der Waals surface area contributed by atoms with Crippen molar-refractivity contribution in [3.8, 4) is 0 Å². The summed E-state index contributed by atoms with van der Waals surface area (Å²) in [6.07, 6.45) is 3.28. The molecule has 1 atom stereocenters. The average molecular weight is 341 g/mol. The van der Waals surface area contributed by atoms with Crippen molar-refractivity contribution in [2.75, 3.05) is 13.6 Å². The van der Waals surface area contributed by atoms with Crippen molar-refractivity contribution in [1.29, 1.82) is 0 Å². The zero-order valence-corrected chi connectivity index (χ0v) is 15.2. The van der Waals surface area contributed by atoms with Gasteiger partial charge in [0.05, 0.1) is 12.1 Å². The van der Waals surface area contributed by atoms with Crippen LogP contribution >= 0.6 is 12.1 Å². The average Bonchev–Trinajstić information content (AvgIpc) is 2.61. The summed E-state index contributed by atoms with van der Waals surface area (Å²) >= 11 is 0.370. The van der Waals surface area contributed by atoms with Crippen LogP contribution in [-0.2, 0) is 6.54 Å². The van der Waals surface area contributed by atoms with E-state index in [1.165, 1.54) is 22.3 Å². The summed E-state index contributed by atoms with van der Waals surface area (Å²) in [5.74, 6) is 0.254. The van der Waals surface area contributed by atoms with Crippen molar-refractivity contribution in [3.63, 3.8) is 0 Å². The van der Waals surface area contributed by atoms with E-state index in [4.69, 9.17) is 0 Å². The Morgan fingerprint density at radius 2 is 1.83 bits per heavy atom. The smallest absolute Gasteiger partial charge is 0.0815 e. The van der Waals surface area contributed by atoms with Gasteiger partial charge in [-0.25, -0.2) is 0 Å². The number of aryl methyl sites for hydroxylation is 1. The van der Waals surface area contributed by atoms with E-state index in [1.54, 1.807) is 12.2 Å². The molecule has 2 aromatic carbocycles. The Morgan fingerprint density at radius 1 is 1.12 bits per heavy atom. The van der Waals surface area contributed by atoms with Gasteiger partial charge < -0.3 is 4.90 Å². The zero-order chi connectivity index (χ0) is 17.5.